The fraction of sp³-hybridized carbons (Fsp3) is 0.400. The van der Waals surface area contributed by atoms with Gasteiger partial charge in [-0.15, -0.1) is 5.10 Å². The fourth-order valence-electron chi connectivity index (χ4n) is 1.73. The van der Waals surface area contributed by atoms with E-state index in [1.54, 1.807) is 12.1 Å². The topological polar surface area (TPSA) is 79.9 Å². The van der Waals surface area contributed by atoms with Crippen LogP contribution in [0.3, 0.4) is 0 Å². The molecule has 0 saturated carbocycles. The highest BCUT2D eigenvalue weighted by Gasteiger charge is 2.21. The van der Waals surface area contributed by atoms with Crippen LogP contribution in [0.25, 0.3) is 0 Å². The maximum Gasteiger partial charge on any atom is 0.295 e. The van der Waals surface area contributed by atoms with Crippen LogP contribution in [0, 0.1) is 0 Å². The van der Waals surface area contributed by atoms with Gasteiger partial charge in [0.25, 0.3) is 5.91 Å². The number of carbonyl (C=O) groups is 1. The van der Waals surface area contributed by atoms with Crippen molar-refractivity contribution < 1.29 is 9.53 Å². The zero-order chi connectivity index (χ0) is 15.5. The summed E-state index contributed by atoms with van der Waals surface area (Å²) in [5, 5.41) is 9.53. The molecular formula is C15H20N4O2. The number of hydrogen-bond acceptors (Lipinski definition) is 4. The van der Waals surface area contributed by atoms with Crippen molar-refractivity contribution in [1.82, 2.24) is 15.2 Å². The van der Waals surface area contributed by atoms with Gasteiger partial charge in [0.2, 0.25) is 5.82 Å². The summed E-state index contributed by atoms with van der Waals surface area (Å²) in [5.41, 5.74) is 0.417. The second-order valence-corrected chi connectivity index (χ2v) is 5.64. The Bertz CT molecular complexity index is 629. The number of benzene rings is 1. The van der Waals surface area contributed by atoms with Crippen LogP contribution in [0.5, 0.6) is 5.75 Å². The van der Waals surface area contributed by atoms with E-state index in [0.29, 0.717) is 23.9 Å². The molecule has 0 bridgehead atoms. The van der Waals surface area contributed by atoms with Gasteiger partial charge in [0.05, 0.1) is 12.3 Å². The Hall–Kier alpha value is -2.37. The highest BCUT2D eigenvalue weighted by atomic mass is 16.5. The zero-order valence-corrected chi connectivity index (χ0v) is 12.7. The van der Waals surface area contributed by atoms with E-state index in [-0.39, 0.29) is 17.1 Å². The molecule has 21 heavy (non-hydrogen) atoms. The van der Waals surface area contributed by atoms with E-state index >= 15 is 0 Å². The number of ether oxygens (including phenoxy) is 1. The van der Waals surface area contributed by atoms with Crippen molar-refractivity contribution in [2.24, 2.45) is 0 Å². The van der Waals surface area contributed by atoms with Gasteiger partial charge in [-0.3, -0.25) is 9.89 Å². The number of rotatable bonds is 4. The number of carbonyl (C=O) groups excluding carboxylic acids is 1. The van der Waals surface area contributed by atoms with Crippen LogP contribution in [0.4, 0.5) is 5.69 Å². The van der Waals surface area contributed by atoms with Gasteiger partial charge in [0, 0.05) is 5.41 Å². The van der Waals surface area contributed by atoms with Gasteiger partial charge in [-0.05, 0) is 19.1 Å². The van der Waals surface area contributed by atoms with Crippen LogP contribution in [-0.2, 0) is 5.41 Å². The lowest BCUT2D eigenvalue weighted by atomic mass is 9.96. The van der Waals surface area contributed by atoms with Crippen LogP contribution < -0.4 is 10.1 Å². The van der Waals surface area contributed by atoms with Crippen molar-refractivity contribution in [3.8, 4) is 5.75 Å². The third-order valence-corrected chi connectivity index (χ3v) is 2.83. The van der Waals surface area contributed by atoms with Gasteiger partial charge in [-0.2, -0.15) is 0 Å². The van der Waals surface area contributed by atoms with Gasteiger partial charge < -0.3 is 10.1 Å². The average Bonchev–Trinajstić information content (AvgIpc) is 2.91. The fourth-order valence-corrected chi connectivity index (χ4v) is 1.73. The number of hydrogen-bond donors (Lipinski definition) is 2. The van der Waals surface area contributed by atoms with Crippen LogP contribution in [-0.4, -0.2) is 27.7 Å². The molecule has 0 unspecified atom stereocenters. The third kappa shape index (κ3) is 3.59. The molecule has 1 heterocycles. The largest absolute Gasteiger partial charge is 0.492 e. The van der Waals surface area contributed by atoms with Crippen molar-refractivity contribution >= 4 is 11.6 Å². The van der Waals surface area contributed by atoms with Gasteiger partial charge in [0.1, 0.15) is 11.6 Å². The molecule has 0 aliphatic rings. The minimum absolute atomic E-state index is 0.117. The number of amides is 1. The van der Waals surface area contributed by atoms with E-state index in [9.17, 15) is 4.79 Å². The Labute approximate surface area is 123 Å². The first-order valence-electron chi connectivity index (χ1n) is 6.88. The van der Waals surface area contributed by atoms with Crippen molar-refractivity contribution in [2.75, 3.05) is 11.9 Å². The van der Waals surface area contributed by atoms with E-state index in [2.05, 4.69) is 20.5 Å². The molecule has 6 nitrogen and oxygen atoms in total. The first-order chi connectivity index (χ1) is 9.91. The summed E-state index contributed by atoms with van der Waals surface area (Å²) in [6.07, 6.45) is 0. The third-order valence-electron chi connectivity index (χ3n) is 2.83. The highest BCUT2D eigenvalue weighted by molar-refractivity contribution is 6.02. The lowest BCUT2D eigenvalue weighted by Crippen LogP contribution is -2.16. The Morgan fingerprint density at radius 2 is 2.05 bits per heavy atom. The number of anilines is 1. The SMILES string of the molecule is CCOc1ccccc1NC(=O)c1n[nH]c(C(C)(C)C)n1. The molecule has 1 amide bonds. The molecule has 0 aliphatic heterocycles. The molecule has 0 radical (unpaired) electrons. The minimum Gasteiger partial charge on any atom is -0.492 e. The minimum atomic E-state index is -0.367. The molecule has 112 valence electrons. The summed E-state index contributed by atoms with van der Waals surface area (Å²) in [7, 11) is 0. The van der Waals surface area contributed by atoms with E-state index in [1.807, 2.05) is 39.8 Å². The van der Waals surface area contributed by atoms with E-state index in [0.717, 1.165) is 0 Å². The summed E-state index contributed by atoms with van der Waals surface area (Å²) in [6, 6.07) is 7.26. The summed E-state index contributed by atoms with van der Waals surface area (Å²) in [4.78, 5) is 16.4. The summed E-state index contributed by atoms with van der Waals surface area (Å²) in [6.45, 7) is 8.42. The average molecular weight is 288 g/mol. The molecular weight excluding hydrogens is 268 g/mol. The lowest BCUT2D eigenvalue weighted by molar-refractivity contribution is 0.101. The van der Waals surface area contributed by atoms with Crippen molar-refractivity contribution in [1.29, 1.82) is 0 Å². The first kappa shape index (κ1) is 15.0. The monoisotopic (exact) mass is 288 g/mol. The molecule has 0 spiro atoms. The Morgan fingerprint density at radius 3 is 2.67 bits per heavy atom. The molecule has 1 aromatic carbocycles. The van der Waals surface area contributed by atoms with Crippen LogP contribution >= 0.6 is 0 Å². The lowest BCUT2D eigenvalue weighted by Gasteiger charge is -2.13. The summed E-state index contributed by atoms with van der Waals surface area (Å²) < 4.78 is 5.47. The predicted octanol–water partition coefficient (Wildman–Crippen LogP) is 2.75. The molecule has 0 saturated heterocycles. The van der Waals surface area contributed by atoms with Crippen LogP contribution in [0.15, 0.2) is 24.3 Å². The van der Waals surface area contributed by atoms with E-state index in [1.165, 1.54) is 0 Å². The molecule has 2 aromatic rings. The summed E-state index contributed by atoms with van der Waals surface area (Å²) in [5.74, 6) is 1.05. The first-order valence-corrected chi connectivity index (χ1v) is 6.88. The molecule has 1 aromatic heterocycles. The van der Waals surface area contributed by atoms with Gasteiger partial charge in [0.15, 0.2) is 0 Å². The summed E-state index contributed by atoms with van der Waals surface area (Å²) >= 11 is 0. The van der Waals surface area contributed by atoms with E-state index in [4.69, 9.17) is 4.74 Å². The number of nitrogens with one attached hydrogen (secondary N) is 2. The molecule has 2 N–H and O–H groups in total. The zero-order valence-electron chi connectivity index (χ0n) is 12.7. The van der Waals surface area contributed by atoms with Gasteiger partial charge in [-0.25, -0.2) is 4.98 Å². The number of aromatic nitrogens is 3. The van der Waals surface area contributed by atoms with E-state index < -0.39 is 0 Å². The predicted molar refractivity (Wildman–Crippen MR) is 80.6 cm³/mol. The van der Waals surface area contributed by atoms with Crippen LogP contribution in [0.2, 0.25) is 0 Å². The standard InChI is InChI=1S/C15H20N4O2/c1-5-21-11-9-7-6-8-10(11)16-13(20)12-17-14(19-18-12)15(2,3)4/h6-9H,5H2,1-4H3,(H,16,20)(H,17,18,19). The van der Waals surface area contributed by atoms with Gasteiger partial charge >= 0.3 is 0 Å². The Morgan fingerprint density at radius 1 is 1.33 bits per heavy atom. The number of H-pyrrole nitrogens is 1. The van der Waals surface area contributed by atoms with Crippen molar-refractivity contribution in [2.45, 2.75) is 33.1 Å². The number of nitrogens with zero attached hydrogens (tertiary/aromatic N) is 2. The molecule has 0 fully saturated rings. The van der Waals surface area contributed by atoms with Crippen LogP contribution in [0.1, 0.15) is 44.1 Å². The molecule has 0 atom stereocenters. The molecule has 2 rings (SSSR count). The Kier molecular flexibility index (Phi) is 4.26. The maximum absolute atomic E-state index is 12.2. The Balaban J connectivity index is 2.17. The van der Waals surface area contributed by atoms with Crippen molar-refractivity contribution in [3.63, 3.8) is 0 Å². The quantitative estimate of drug-likeness (QED) is 0.906. The maximum atomic E-state index is 12.2. The second kappa shape index (κ2) is 5.95. The number of para-hydroxylation sites is 2. The number of aromatic amines is 1. The highest BCUT2D eigenvalue weighted by Crippen LogP contribution is 2.24. The smallest absolute Gasteiger partial charge is 0.295 e. The molecule has 6 heteroatoms. The second-order valence-electron chi connectivity index (χ2n) is 5.64. The normalized spacial score (nSPS) is 11.2. The van der Waals surface area contributed by atoms with Crippen molar-refractivity contribution in [3.05, 3.63) is 35.9 Å². The van der Waals surface area contributed by atoms with Gasteiger partial charge in [-0.1, -0.05) is 32.9 Å². The molecule has 0 aliphatic carbocycles.